The molecule has 0 aromatic heterocycles. The average molecular weight is 217 g/mol. The standard InChI is InChI=1S/C15H23N/c1-11(2)8-12-4-6-13(7-5-12)14-9-15(10-14)16-3/h4-7,11,14-16H,8-10H2,1-3H3. The minimum Gasteiger partial charge on any atom is -0.317 e. The van der Waals surface area contributed by atoms with Crippen LogP contribution in [-0.4, -0.2) is 13.1 Å². The third-order valence-electron chi connectivity index (χ3n) is 3.64. The molecule has 1 aromatic rings. The fraction of sp³-hybridized carbons (Fsp3) is 0.600. The molecule has 0 heterocycles. The van der Waals surface area contributed by atoms with E-state index in [1.54, 1.807) is 0 Å². The summed E-state index contributed by atoms with van der Waals surface area (Å²) in [5, 5.41) is 3.34. The van der Waals surface area contributed by atoms with Crippen LogP contribution in [0, 0.1) is 5.92 Å². The van der Waals surface area contributed by atoms with Gasteiger partial charge in [-0.1, -0.05) is 38.1 Å². The molecule has 0 atom stereocenters. The van der Waals surface area contributed by atoms with Gasteiger partial charge in [-0.3, -0.25) is 0 Å². The second-order valence-corrected chi connectivity index (χ2v) is 5.49. The van der Waals surface area contributed by atoms with E-state index in [0.717, 1.165) is 17.9 Å². The molecule has 1 aliphatic rings. The lowest BCUT2D eigenvalue weighted by Gasteiger charge is -2.35. The molecule has 0 radical (unpaired) electrons. The molecular weight excluding hydrogens is 194 g/mol. The highest BCUT2D eigenvalue weighted by molar-refractivity contribution is 5.27. The Morgan fingerprint density at radius 3 is 2.31 bits per heavy atom. The van der Waals surface area contributed by atoms with Crippen LogP contribution in [0.4, 0.5) is 0 Å². The molecular formula is C15H23N. The minimum atomic E-state index is 0.750. The summed E-state index contributed by atoms with van der Waals surface area (Å²) in [5.41, 5.74) is 3.00. The van der Waals surface area contributed by atoms with Crippen LogP contribution in [0.5, 0.6) is 0 Å². The van der Waals surface area contributed by atoms with Gasteiger partial charge in [0.05, 0.1) is 0 Å². The summed E-state index contributed by atoms with van der Waals surface area (Å²) in [7, 11) is 2.06. The van der Waals surface area contributed by atoms with Crippen molar-refractivity contribution in [2.75, 3.05) is 7.05 Å². The van der Waals surface area contributed by atoms with E-state index in [9.17, 15) is 0 Å². The second-order valence-electron chi connectivity index (χ2n) is 5.49. The summed E-state index contributed by atoms with van der Waals surface area (Å²) < 4.78 is 0. The first-order chi connectivity index (χ1) is 7.69. The summed E-state index contributed by atoms with van der Waals surface area (Å²) >= 11 is 0. The van der Waals surface area contributed by atoms with E-state index >= 15 is 0 Å². The van der Waals surface area contributed by atoms with Gasteiger partial charge in [-0.05, 0) is 49.3 Å². The van der Waals surface area contributed by atoms with Crippen LogP contribution in [0.2, 0.25) is 0 Å². The average Bonchev–Trinajstić information content (AvgIpc) is 2.18. The van der Waals surface area contributed by atoms with Crippen molar-refractivity contribution in [2.24, 2.45) is 5.92 Å². The van der Waals surface area contributed by atoms with Crippen molar-refractivity contribution in [3.8, 4) is 0 Å². The van der Waals surface area contributed by atoms with Crippen molar-refractivity contribution in [2.45, 2.75) is 45.1 Å². The molecule has 1 fully saturated rings. The van der Waals surface area contributed by atoms with Gasteiger partial charge in [0.2, 0.25) is 0 Å². The summed E-state index contributed by atoms with van der Waals surface area (Å²) in [6.07, 6.45) is 3.81. The summed E-state index contributed by atoms with van der Waals surface area (Å²) in [6.45, 7) is 4.55. The quantitative estimate of drug-likeness (QED) is 0.815. The summed E-state index contributed by atoms with van der Waals surface area (Å²) in [5.74, 6) is 1.55. The lowest BCUT2D eigenvalue weighted by atomic mass is 9.76. The van der Waals surface area contributed by atoms with Gasteiger partial charge in [0, 0.05) is 6.04 Å². The van der Waals surface area contributed by atoms with E-state index in [0.29, 0.717) is 0 Å². The molecule has 1 nitrogen and oxygen atoms in total. The Morgan fingerprint density at radius 2 is 1.81 bits per heavy atom. The van der Waals surface area contributed by atoms with E-state index in [1.807, 2.05) is 0 Å². The molecule has 88 valence electrons. The zero-order valence-corrected chi connectivity index (χ0v) is 10.7. The first-order valence-electron chi connectivity index (χ1n) is 6.45. The van der Waals surface area contributed by atoms with Crippen LogP contribution in [0.15, 0.2) is 24.3 Å². The summed E-state index contributed by atoms with van der Waals surface area (Å²) in [4.78, 5) is 0. The molecule has 1 aromatic carbocycles. The van der Waals surface area contributed by atoms with Gasteiger partial charge < -0.3 is 5.32 Å². The van der Waals surface area contributed by atoms with Crippen LogP contribution in [-0.2, 0) is 6.42 Å². The van der Waals surface area contributed by atoms with Gasteiger partial charge in [-0.25, -0.2) is 0 Å². The normalized spacial score (nSPS) is 24.5. The maximum absolute atomic E-state index is 3.34. The van der Waals surface area contributed by atoms with Crippen molar-refractivity contribution in [3.05, 3.63) is 35.4 Å². The SMILES string of the molecule is CNC1CC(c2ccc(CC(C)C)cc2)C1. The van der Waals surface area contributed by atoms with Gasteiger partial charge in [0.25, 0.3) is 0 Å². The lowest BCUT2D eigenvalue weighted by Crippen LogP contribution is -2.37. The van der Waals surface area contributed by atoms with E-state index in [2.05, 4.69) is 50.5 Å². The van der Waals surface area contributed by atoms with Crippen LogP contribution in [0.25, 0.3) is 0 Å². The molecule has 0 saturated heterocycles. The Morgan fingerprint density at radius 1 is 1.19 bits per heavy atom. The van der Waals surface area contributed by atoms with Gasteiger partial charge in [-0.15, -0.1) is 0 Å². The second kappa shape index (κ2) is 5.01. The Kier molecular flexibility index (Phi) is 3.65. The highest BCUT2D eigenvalue weighted by atomic mass is 14.9. The summed E-state index contributed by atoms with van der Waals surface area (Å²) in [6, 6.07) is 10.0. The number of rotatable bonds is 4. The Bertz CT molecular complexity index is 320. The largest absolute Gasteiger partial charge is 0.317 e. The molecule has 16 heavy (non-hydrogen) atoms. The maximum atomic E-state index is 3.34. The molecule has 0 unspecified atom stereocenters. The first kappa shape index (κ1) is 11.7. The van der Waals surface area contributed by atoms with Crippen molar-refractivity contribution in [1.82, 2.24) is 5.32 Å². The third kappa shape index (κ3) is 2.65. The van der Waals surface area contributed by atoms with Crippen molar-refractivity contribution in [3.63, 3.8) is 0 Å². The van der Waals surface area contributed by atoms with Gasteiger partial charge >= 0.3 is 0 Å². The molecule has 0 aliphatic heterocycles. The number of benzene rings is 1. The zero-order chi connectivity index (χ0) is 11.5. The maximum Gasteiger partial charge on any atom is 0.00757 e. The third-order valence-corrected chi connectivity index (χ3v) is 3.64. The predicted molar refractivity (Wildman–Crippen MR) is 69.8 cm³/mol. The van der Waals surface area contributed by atoms with Gasteiger partial charge in [0.15, 0.2) is 0 Å². The first-order valence-corrected chi connectivity index (χ1v) is 6.45. The smallest absolute Gasteiger partial charge is 0.00757 e. The topological polar surface area (TPSA) is 12.0 Å². The molecule has 0 spiro atoms. The van der Waals surface area contributed by atoms with E-state index in [-0.39, 0.29) is 0 Å². The molecule has 0 amide bonds. The van der Waals surface area contributed by atoms with Crippen LogP contribution in [0.3, 0.4) is 0 Å². The molecule has 1 aliphatic carbocycles. The molecule has 1 N–H and O–H groups in total. The van der Waals surface area contributed by atoms with Crippen molar-refractivity contribution >= 4 is 0 Å². The molecule has 2 rings (SSSR count). The Hall–Kier alpha value is -0.820. The lowest BCUT2D eigenvalue weighted by molar-refractivity contribution is 0.307. The predicted octanol–water partition coefficient (Wildman–Crippen LogP) is 3.35. The molecule has 0 bridgehead atoms. The fourth-order valence-electron chi connectivity index (χ4n) is 2.52. The highest BCUT2D eigenvalue weighted by Gasteiger charge is 2.28. The molecule has 1 heteroatoms. The highest BCUT2D eigenvalue weighted by Crippen LogP contribution is 2.36. The number of hydrogen-bond donors (Lipinski definition) is 1. The minimum absolute atomic E-state index is 0.750. The van der Waals surface area contributed by atoms with E-state index in [1.165, 1.54) is 30.4 Å². The van der Waals surface area contributed by atoms with Crippen LogP contribution in [0.1, 0.15) is 43.7 Å². The van der Waals surface area contributed by atoms with Crippen molar-refractivity contribution in [1.29, 1.82) is 0 Å². The fourth-order valence-corrected chi connectivity index (χ4v) is 2.52. The van der Waals surface area contributed by atoms with Gasteiger partial charge in [0.1, 0.15) is 0 Å². The molecule has 1 saturated carbocycles. The van der Waals surface area contributed by atoms with Crippen LogP contribution >= 0.6 is 0 Å². The van der Waals surface area contributed by atoms with Crippen LogP contribution < -0.4 is 5.32 Å². The Balaban J connectivity index is 1.93. The van der Waals surface area contributed by atoms with Gasteiger partial charge in [-0.2, -0.15) is 0 Å². The van der Waals surface area contributed by atoms with E-state index < -0.39 is 0 Å². The number of nitrogens with one attached hydrogen (secondary N) is 1. The number of hydrogen-bond acceptors (Lipinski definition) is 1. The zero-order valence-electron chi connectivity index (χ0n) is 10.7. The van der Waals surface area contributed by atoms with Crippen molar-refractivity contribution < 1.29 is 0 Å². The monoisotopic (exact) mass is 217 g/mol. The van der Waals surface area contributed by atoms with E-state index in [4.69, 9.17) is 0 Å². The Labute approximate surface area is 99.3 Å².